The summed E-state index contributed by atoms with van der Waals surface area (Å²) in [5, 5.41) is 11.9. The molecule has 0 aliphatic rings. The highest BCUT2D eigenvalue weighted by molar-refractivity contribution is 7.98. The summed E-state index contributed by atoms with van der Waals surface area (Å²) >= 11 is 1.80. The first-order valence-corrected chi connectivity index (χ1v) is 6.78. The molecule has 0 heterocycles. The van der Waals surface area contributed by atoms with E-state index < -0.39 is 0 Å². The van der Waals surface area contributed by atoms with Crippen molar-refractivity contribution in [2.24, 2.45) is 10.9 Å². The fourth-order valence-corrected chi connectivity index (χ4v) is 2.05. The Hall–Kier alpha value is -1.36. The third-order valence-corrected chi connectivity index (χ3v) is 3.17. The summed E-state index contributed by atoms with van der Waals surface area (Å²) < 4.78 is 0. The van der Waals surface area contributed by atoms with Crippen molar-refractivity contribution >= 4 is 23.3 Å². The van der Waals surface area contributed by atoms with Crippen molar-refractivity contribution in [1.29, 1.82) is 0 Å². The highest BCUT2D eigenvalue weighted by Gasteiger charge is 2.11. The van der Waals surface area contributed by atoms with E-state index in [2.05, 4.69) is 16.3 Å². The Kier molecular flexibility index (Phi) is 5.15. The molecule has 0 aromatic heterocycles. The third-order valence-electron chi connectivity index (χ3n) is 2.58. The van der Waals surface area contributed by atoms with Gasteiger partial charge in [0.25, 0.3) is 0 Å². The normalized spacial score (nSPS) is 11.6. The standard InChI is InChI=1S/C12H19N3OS/c1-9-4-5-11(15(2)6-7-17-3)10(8-9)12(13)14-16/h4-5,8,16H,6-7H2,1-3H3,(H2,13,14). The zero-order valence-corrected chi connectivity index (χ0v) is 11.3. The fraction of sp³-hybridized carbons (Fsp3) is 0.417. The quantitative estimate of drug-likeness (QED) is 0.364. The second-order valence-electron chi connectivity index (χ2n) is 3.92. The van der Waals surface area contributed by atoms with E-state index in [4.69, 9.17) is 10.9 Å². The summed E-state index contributed by atoms with van der Waals surface area (Å²) in [5.74, 6) is 1.19. The number of hydrogen-bond acceptors (Lipinski definition) is 4. The first-order valence-electron chi connectivity index (χ1n) is 5.38. The molecule has 1 aromatic rings. The Morgan fingerprint density at radius 3 is 2.82 bits per heavy atom. The first kappa shape index (κ1) is 13.7. The van der Waals surface area contributed by atoms with Crippen LogP contribution in [0, 0.1) is 6.92 Å². The van der Waals surface area contributed by atoms with Crippen LogP contribution in [0.4, 0.5) is 5.69 Å². The molecular formula is C12H19N3OS. The largest absolute Gasteiger partial charge is 0.409 e. The molecule has 0 aliphatic carbocycles. The van der Waals surface area contributed by atoms with E-state index in [0.29, 0.717) is 0 Å². The highest BCUT2D eigenvalue weighted by atomic mass is 32.2. The Bertz CT molecular complexity index is 407. The molecule has 94 valence electrons. The van der Waals surface area contributed by atoms with Crippen LogP contribution >= 0.6 is 11.8 Å². The summed E-state index contributed by atoms with van der Waals surface area (Å²) in [7, 11) is 2.01. The van der Waals surface area contributed by atoms with Crippen LogP contribution in [-0.2, 0) is 0 Å². The monoisotopic (exact) mass is 253 g/mol. The van der Waals surface area contributed by atoms with Gasteiger partial charge in [-0.3, -0.25) is 0 Å². The van der Waals surface area contributed by atoms with Crippen molar-refractivity contribution in [2.45, 2.75) is 6.92 Å². The molecule has 0 unspecified atom stereocenters. The molecule has 0 fully saturated rings. The lowest BCUT2D eigenvalue weighted by molar-refractivity contribution is 0.318. The van der Waals surface area contributed by atoms with E-state index in [1.54, 1.807) is 11.8 Å². The predicted octanol–water partition coefficient (Wildman–Crippen LogP) is 1.89. The molecule has 0 bridgehead atoms. The zero-order chi connectivity index (χ0) is 12.8. The summed E-state index contributed by atoms with van der Waals surface area (Å²) in [6.45, 7) is 2.91. The summed E-state index contributed by atoms with van der Waals surface area (Å²) in [6.07, 6.45) is 2.08. The topological polar surface area (TPSA) is 61.8 Å². The van der Waals surface area contributed by atoms with Gasteiger partial charge >= 0.3 is 0 Å². The number of benzene rings is 1. The minimum Gasteiger partial charge on any atom is -0.409 e. The van der Waals surface area contributed by atoms with Crippen LogP contribution < -0.4 is 10.6 Å². The van der Waals surface area contributed by atoms with Crippen LogP contribution in [0.15, 0.2) is 23.4 Å². The van der Waals surface area contributed by atoms with E-state index in [0.717, 1.165) is 29.1 Å². The highest BCUT2D eigenvalue weighted by Crippen LogP contribution is 2.21. The second kappa shape index (κ2) is 6.39. The lowest BCUT2D eigenvalue weighted by Gasteiger charge is -2.22. The van der Waals surface area contributed by atoms with E-state index in [1.807, 2.05) is 32.2 Å². The minimum absolute atomic E-state index is 0.153. The van der Waals surface area contributed by atoms with E-state index in [-0.39, 0.29) is 5.84 Å². The SMILES string of the molecule is CSCCN(C)c1ccc(C)cc1/C(N)=N/O. The van der Waals surface area contributed by atoms with Crippen molar-refractivity contribution in [1.82, 2.24) is 0 Å². The molecule has 1 rings (SSSR count). The number of thioether (sulfide) groups is 1. The Morgan fingerprint density at radius 2 is 2.24 bits per heavy atom. The van der Waals surface area contributed by atoms with Gasteiger partial charge in [-0.15, -0.1) is 0 Å². The van der Waals surface area contributed by atoms with Gasteiger partial charge in [0.05, 0.1) is 0 Å². The maximum absolute atomic E-state index is 8.80. The van der Waals surface area contributed by atoms with Gasteiger partial charge in [-0.25, -0.2) is 0 Å². The van der Waals surface area contributed by atoms with Crippen LogP contribution in [0.5, 0.6) is 0 Å². The van der Waals surface area contributed by atoms with Gasteiger partial charge in [0.2, 0.25) is 0 Å². The molecule has 17 heavy (non-hydrogen) atoms. The van der Waals surface area contributed by atoms with Gasteiger partial charge in [-0.2, -0.15) is 11.8 Å². The lowest BCUT2D eigenvalue weighted by Crippen LogP contribution is -2.25. The van der Waals surface area contributed by atoms with Crippen LogP contribution in [0.3, 0.4) is 0 Å². The Labute approximate surface area is 106 Å². The van der Waals surface area contributed by atoms with E-state index >= 15 is 0 Å². The van der Waals surface area contributed by atoms with Crippen molar-refractivity contribution in [3.63, 3.8) is 0 Å². The molecule has 3 N–H and O–H groups in total. The number of nitrogens with two attached hydrogens (primary N) is 1. The fourth-order valence-electron chi connectivity index (χ4n) is 1.59. The van der Waals surface area contributed by atoms with Gasteiger partial charge in [0.1, 0.15) is 0 Å². The molecule has 4 nitrogen and oxygen atoms in total. The van der Waals surface area contributed by atoms with Crippen molar-refractivity contribution in [2.75, 3.05) is 30.5 Å². The van der Waals surface area contributed by atoms with Crippen LogP contribution in [-0.4, -0.2) is 36.6 Å². The van der Waals surface area contributed by atoms with Crippen LogP contribution in [0.1, 0.15) is 11.1 Å². The number of oxime groups is 1. The second-order valence-corrected chi connectivity index (χ2v) is 4.91. The summed E-state index contributed by atoms with van der Waals surface area (Å²) in [4.78, 5) is 2.11. The van der Waals surface area contributed by atoms with Gasteiger partial charge in [0.15, 0.2) is 5.84 Å². The predicted molar refractivity (Wildman–Crippen MR) is 75.3 cm³/mol. The average molecular weight is 253 g/mol. The Morgan fingerprint density at radius 1 is 1.53 bits per heavy atom. The number of amidine groups is 1. The smallest absolute Gasteiger partial charge is 0.172 e. The maximum Gasteiger partial charge on any atom is 0.172 e. The van der Waals surface area contributed by atoms with E-state index in [9.17, 15) is 0 Å². The minimum atomic E-state index is 0.153. The number of hydrogen-bond donors (Lipinski definition) is 2. The average Bonchev–Trinajstić information content (AvgIpc) is 2.34. The van der Waals surface area contributed by atoms with Crippen LogP contribution in [0.25, 0.3) is 0 Å². The molecule has 0 atom stereocenters. The van der Waals surface area contributed by atoms with Crippen molar-refractivity contribution < 1.29 is 5.21 Å². The maximum atomic E-state index is 8.80. The zero-order valence-electron chi connectivity index (χ0n) is 10.5. The van der Waals surface area contributed by atoms with Gasteiger partial charge < -0.3 is 15.8 Å². The molecule has 0 radical (unpaired) electrons. The third kappa shape index (κ3) is 3.56. The Balaban J connectivity index is 3.05. The molecule has 0 saturated carbocycles. The summed E-state index contributed by atoms with van der Waals surface area (Å²) in [5.41, 5.74) is 8.55. The molecule has 0 saturated heterocycles. The number of aryl methyl sites for hydroxylation is 1. The van der Waals surface area contributed by atoms with Crippen LogP contribution in [0.2, 0.25) is 0 Å². The lowest BCUT2D eigenvalue weighted by atomic mass is 10.1. The number of nitrogens with zero attached hydrogens (tertiary/aromatic N) is 2. The molecule has 0 aliphatic heterocycles. The van der Waals surface area contributed by atoms with Gasteiger partial charge in [-0.05, 0) is 25.3 Å². The van der Waals surface area contributed by atoms with Gasteiger partial charge in [0, 0.05) is 30.6 Å². The van der Waals surface area contributed by atoms with Gasteiger partial charge in [-0.1, -0.05) is 16.8 Å². The number of rotatable bonds is 5. The molecular weight excluding hydrogens is 234 g/mol. The molecule has 0 amide bonds. The number of anilines is 1. The van der Waals surface area contributed by atoms with E-state index in [1.165, 1.54) is 0 Å². The van der Waals surface area contributed by atoms with Crippen molar-refractivity contribution in [3.05, 3.63) is 29.3 Å². The van der Waals surface area contributed by atoms with Crippen molar-refractivity contribution in [3.8, 4) is 0 Å². The molecule has 0 spiro atoms. The summed E-state index contributed by atoms with van der Waals surface area (Å²) in [6, 6.07) is 5.96. The molecule has 1 aromatic carbocycles. The molecule has 5 heteroatoms. The first-order chi connectivity index (χ1) is 8.10.